The largest absolute Gasteiger partial charge is 0.491 e. The van der Waals surface area contributed by atoms with Crippen LogP contribution in [-0.4, -0.2) is 73.6 Å². The molecule has 1 saturated heterocycles. The number of hydrogen-bond donors (Lipinski definition) is 1. The molecule has 1 fully saturated rings. The Kier molecular flexibility index (Phi) is 12.5. The van der Waals surface area contributed by atoms with E-state index in [4.69, 9.17) is 9.47 Å². The van der Waals surface area contributed by atoms with Crippen LogP contribution in [0, 0.1) is 0 Å². The molecule has 2 aromatic rings. The topological polar surface area (TPSA) is 58.1 Å². The number of anilines is 1. The van der Waals surface area contributed by atoms with Crippen LogP contribution in [0.25, 0.3) is 0 Å². The van der Waals surface area contributed by atoms with Gasteiger partial charge in [-0.3, -0.25) is 4.90 Å². The predicted molar refractivity (Wildman–Crippen MR) is 124 cm³/mol. The summed E-state index contributed by atoms with van der Waals surface area (Å²) < 4.78 is 12.2. The summed E-state index contributed by atoms with van der Waals surface area (Å²) in [6.45, 7) is 5.56. The summed E-state index contributed by atoms with van der Waals surface area (Å²) in [5, 5.41) is 10.2. The summed E-state index contributed by atoms with van der Waals surface area (Å²) >= 11 is 3.39. The average molecular weight is 509 g/mol. The second-order valence-electron chi connectivity index (χ2n) is 6.51. The Balaban J connectivity index is 0.00000210. The van der Waals surface area contributed by atoms with Crippen molar-refractivity contribution in [1.29, 1.82) is 0 Å². The zero-order valence-electron chi connectivity index (χ0n) is 16.2. The maximum atomic E-state index is 10.2. The number of nitrogens with zero attached hydrogens (tertiary/aromatic N) is 3. The standard InChI is InChI=1S/C20H26BrN3O3.2ClH/c21-17-4-6-19(7-5-17)27-14-13-26-16-18(25)15-23-9-11-24(12-10-23)20-3-1-2-8-22-20;;/h1-8,18,25H,9-16H2;2*1H. The van der Waals surface area contributed by atoms with E-state index < -0.39 is 6.10 Å². The van der Waals surface area contributed by atoms with Gasteiger partial charge >= 0.3 is 0 Å². The zero-order valence-corrected chi connectivity index (χ0v) is 19.4. The highest BCUT2D eigenvalue weighted by Crippen LogP contribution is 2.16. The van der Waals surface area contributed by atoms with Gasteiger partial charge in [0.25, 0.3) is 0 Å². The van der Waals surface area contributed by atoms with Crippen molar-refractivity contribution in [1.82, 2.24) is 9.88 Å². The quantitative estimate of drug-likeness (QED) is 0.524. The number of hydrogen-bond acceptors (Lipinski definition) is 6. The molecule has 0 amide bonds. The van der Waals surface area contributed by atoms with E-state index in [0.717, 1.165) is 42.2 Å². The molecule has 0 aliphatic carbocycles. The molecule has 1 unspecified atom stereocenters. The van der Waals surface area contributed by atoms with E-state index in [1.807, 2.05) is 48.7 Å². The maximum Gasteiger partial charge on any atom is 0.128 e. The highest BCUT2D eigenvalue weighted by Gasteiger charge is 2.19. The fraction of sp³-hybridized carbons (Fsp3) is 0.450. The molecule has 0 bridgehead atoms. The molecule has 1 atom stereocenters. The van der Waals surface area contributed by atoms with Crippen LogP contribution in [0.15, 0.2) is 53.1 Å². The van der Waals surface area contributed by atoms with Crippen molar-refractivity contribution in [2.75, 3.05) is 57.4 Å². The van der Waals surface area contributed by atoms with Crippen molar-refractivity contribution in [2.45, 2.75) is 6.10 Å². The van der Waals surface area contributed by atoms with Crippen molar-refractivity contribution in [3.05, 3.63) is 53.1 Å². The Morgan fingerprint density at radius 2 is 1.72 bits per heavy atom. The van der Waals surface area contributed by atoms with Crippen LogP contribution in [0.1, 0.15) is 0 Å². The fourth-order valence-corrected chi connectivity index (χ4v) is 3.28. The van der Waals surface area contributed by atoms with Crippen molar-refractivity contribution >= 4 is 46.6 Å². The molecule has 1 aliphatic rings. The first kappa shape index (κ1) is 25.9. The maximum absolute atomic E-state index is 10.2. The van der Waals surface area contributed by atoms with E-state index in [1.165, 1.54) is 0 Å². The third-order valence-corrected chi connectivity index (χ3v) is 4.96. The molecule has 29 heavy (non-hydrogen) atoms. The lowest BCUT2D eigenvalue weighted by atomic mass is 10.2. The number of rotatable bonds is 9. The van der Waals surface area contributed by atoms with Crippen LogP contribution >= 0.6 is 40.7 Å². The molecule has 9 heteroatoms. The monoisotopic (exact) mass is 507 g/mol. The van der Waals surface area contributed by atoms with Crippen LogP contribution in [0.5, 0.6) is 5.75 Å². The SMILES string of the molecule is Cl.Cl.OC(COCCOc1ccc(Br)cc1)CN1CCN(c2ccccn2)CC1. The van der Waals surface area contributed by atoms with Crippen molar-refractivity contribution in [3.63, 3.8) is 0 Å². The molecule has 162 valence electrons. The third-order valence-electron chi connectivity index (χ3n) is 4.43. The van der Waals surface area contributed by atoms with E-state index in [0.29, 0.717) is 26.4 Å². The Morgan fingerprint density at radius 1 is 1.00 bits per heavy atom. The second-order valence-corrected chi connectivity index (χ2v) is 7.42. The number of aromatic nitrogens is 1. The number of benzene rings is 1. The number of aliphatic hydroxyl groups excluding tert-OH is 1. The van der Waals surface area contributed by atoms with Gasteiger partial charge in [-0.1, -0.05) is 22.0 Å². The smallest absolute Gasteiger partial charge is 0.128 e. The highest BCUT2D eigenvalue weighted by molar-refractivity contribution is 9.10. The normalized spacial score (nSPS) is 15.2. The van der Waals surface area contributed by atoms with Crippen molar-refractivity contribution in [2.24, 2.45) is 0 Å². The first-order valence-corrected chi connectivity index (χ1v) is 10.0. The number of piperazine rings is 1. The average Bonchev–Trinajstić information content (AvgIpc) is 2.70. The van der Waals surface area contributed by atoms with Gasteiger partial charge in [-0.2, -0.15) is 0 Å². The summed E-state index contributed by atoms with van der Waals surface area (Å²) in [4.78, 5) is 8.94. The van der Waals surface area contributed by atoms with E-state index in [1.54, 1.807) is 0 Å². The van der Waals surface area contributed by atoms with Gasteiger partial charge in [0.2, 0.25) is 0 Å². The summed E-state index contributed by atoms with van der Waals surface area (Å²) in [7, 11) is 0. The molecule has 1 aromatic carbocycles. The second kappa shape index (κ2) is 14.0. The van der Waals surface area contributed by atoms with Gasteiger partial charge in [-0.25, -0.2) is 4.98 Å². The van der Waals surface area contributed by atoms with Crippen LogP contribution < -0.4 is 9.64 Å². The Hall–Kier alpha value is -1.09. The predicted octanol–water partition coefficient (Wildman–Crippen LogP) is 3.27. The molecule has 0 spiro atoms. The zero-order chi connectivity index (χ0) is 18.9. The van der Waals surface area contributed by atoms with E-state index in [9.17, 15) is 5.11 Å². The highest BCUT2D eigenvalue weighted by atomic mass is 79.9. The molecular formula is C20H28BrCl2N3O3. The third kappa shape index (κ3) is 9.07. The molecule has 3 rings (SSSR count). The first-order valence-electron chi connectivity index (χ1n) is 9.23. The molecule has 0 radical (unpaired) electrons. The van der Waals surface area contributed by atoms with E-state index in [-0.39, 0.29) is 24.8 Å². The van der Waals surface area contributed by atoms with Crippen LogP contribution in [-0.2, 0) is 4.74 Å². The number of pyridine rings is 1. The molecule has 1 aliphatic heterocycles. The summed E-state index contributed by atoms with van der Waals surface area (Å²) in [5.41, 5.74) is 0. The Morgan fingerprint density at radius 3 is 2.38 bits per heavy atom. The number of ether oxygens (including phenoxy) is 2. The summed E-state index contributed by atoms with van der Waals surface area (Å²) in [5.74, 6) is 1.83. The Labute approximate surface area is 193 Å². The lowest BCUT2D eigenvalue weighted by Gasteiger charge is -2.36. The minimum absolute atomic E-state index is 0. The lowest BCUT2D eigenvalue weighted by molar-refractivity contribution is 0.00716. The van der Waals surface area contributed by atoms with Crippen LogP contribution in [0.2, 0.25) is 0 Å². The van der Waals surface area contributed by atoms with Gasteiger partial charge in [-0.05, 0) is 36.4 Å². The lowest BCUT2D eigenvalue weighted by Crippen LogP contribution is -2.49. The van der Waals surface area contributed by atoms with Gasteiger partial charge < -0.3 is 19.5 Å². The van der Waals surface area contributed by atoms with Gasteiger partial charge in [-0.15, -0.1) is 24.8 Å². The van der Waals surface area contributed by atoms with Crippen LogP contribution in [0.4, 0.5) is 5.82 Å². The minimum Gasteiger partial charge on any atom is -0.491 e. The first-order chi connectivity index (χ1) is 13.2. The number of halogens is 3. The number of β-amino-alcohol motifs (C(OH)–C–C–N with tert-alkyl or cyclic N) is 1. The molecule has 1 N–H and O–H groups in total. The fourth-order valence-electron chi connectivity index (χ4n) is 3.02. The van der Waals surface area contributed by atoms with Crippen LogP contribution in [0.3, 0.4) is 0 Å². The minimum atomic E-state index is -0.487. The van der Waals surface area contributed by atoms with Crippen molar-refractivity contribution in [3.8, 4) is 5.75 Å². The van der Waals surface area contributed by atoms with Gasteiger partial charge in [0.15, 0.2) is 0 Å². The van der Waals surface area contributed by atoms with E-state index in [2.05, 4.69) is 30.7 Å². The molecule has 1 aromatic heterocycles. The van der Waals surface area contributed by atoms with Gasteiger partial charge in [0, 0.05) is 43.4 Å². The van der Waals surface area contributed by atoms with E-state index >= 15 is 0 Å². The Bertz CT molecular complexity index is 674. The summed E-state index contributed by atoms with van der Waals surface area (Å²) in [6, 6.07) is 13.7. The van der Waals surface area contributed by atoms with Gasteiger partial charge in [0.05, 0.1) is 19.3 Å². The number of aliphatic hydroxyl groups is 1. The van der Waals surface area contributed by atoms with Crippen molar-refractivity contribution < 1.29 is 14.6 Å². The van der Waals surface area contributed by atoms with Gasteiger partial charge in [0.1, 0.15) is 18.2 Å². The summed E-state index contributed by atoms with van der Waals surface area (Å²) in [6.07, 6.45) is 1.34. The molecule has 2 heterocycles. The molecule has 0 saturated carbocycles. The molecule has 6 nitrogen and oxygen atoms in total. The molecular weight excluding hydrogens is 481 g/mol.